The molecule has 0 aliphatic rings. The lowest BCUT2D eigenvalue weighted by Crippen LogP contribution is -2.41. The second-order valence-electron chi connectivity index (χ2n) is 25.0. The van der Waals surface area contributed by atoms with Crippen molar-refractivity contribution in [1.29, 1.82) is 0 Å². The number of aryl methyl sites for hydroxylation is 8. The normalized spacial score (nSPS) is 9.94. The minimum Gasteiger partial charge on any atom is -0.451 e. The molecule has 38 heteroatoms. The SMILES string of the molecule is C#CCNB(C)O.CB(O)CCC#Cc1cnc(C)c([N+](=O)[O-])c1.CB(O)CCCCc1cnc(C)c(N)c1.CB(O)CCCCc1cnc(C)c(N=C(N)N)c1.CB(O)CCCCc1cnc(C)c(N=C(NC(C)=O)NC(C)=O)c1.CSC(=NC(=O)OCc1ccccc1)NC(C)=O.Cc1ncc(Br)cc1[N+](=O)[O-]. The largest absolute Gasteiger partial charge is 0.451 e. The van der Waals surface area contributed by atoms with Crippen LogP contribution in [0.4, 0.5) is 33.2 Å². The molecule has 5 heterocycles. The summed E-state index contributed by atoms with van der Waals surface area (Å²) in [5.74, 6) is 7.19. The number of amides is 4. The number of nitrogens with two attached hydrogens (primary N) is 3. The number of aliphatic imine (C=N–C) groups is 3. The number of hydrogen-bond donors (Lipinski definition) is 12. The van der Waals surface area contributed by atoms with Gasteiger partial charge in [0, 0.05) is 86.9 Å². The number of rotatable bonds is 25. The minimum absolute atomic E-state index is 0.0210. The molecule has 0 aliphatic heterocycles. The fraction of sp³-hybridized carbons (Fsp3) is 0.417. The lowest BCUT2D eigenvalue weighted by molar-refractivity contribution is -0.385. The van der Waals surface area contributed by atoms with Gasteiger partial charge >= 0.3 is 13.1 Å². The highest BCUT2D eigenvalue weighted by Gasteiger charge is 2.15. The molecule has 0 saturated heterocycles. The molecule has 1 aromatic carbocycles. The monoisotopic (exact) mass is 1600 g/mol. The quantitative estimate of drug-likeness (QED) is 0.00482. The molecule has 0 unspecified atom stereocenters. The van der Waals surface area contributed by atoms with Crippen molar-refractivity contribution < 1.29 is 58.9 Å². The third kappa shape index (κ3) is 51.4. The topological polar surface area (TPSA) is 493 Å². The number of carbonyl (C=O) groups excluding carboxylic acids is 4. The van der Waals surface area contributed by atoms with Crippen molar-refractivity contribution in [2.45, 2.75) is 186 Å². The summed E-state index contributed by atoms with van der Waals surface area (Å²) in [7, 11) is -0.490. The molecule has 590 valence electrons. The number of benzene rings is 1. The molecule has 0 aliphatic carbocycles. The Morgan fingerprint density at radius 3 is 1.44 bits per heavy atom. The van der Waals surface area contributed by atoms with Crippen LogP contribution in [0, 0.1) is 79.0 Å². The number of unbranched alkanes of at least 4 members (excludes halogenated alkanes) is 3. The van der Waals surface area contributed by atoms with Gasteiger partial charge in [0.1, 0.15) is 18.0 Å². The number of nitro groups is 2. The Balaban J connectivity index is 0.00000129. The fourth-order valence-corrected chi connectivity index (χ4v) is 9.29. The summed E-state index contributed by atoms with van der Waals surface area (Å²) >= 11 is 4.26. The van der Waals surface area contributed by atoms with Crippen LogP contribution in [0.2, 0.25) is 59.4 Å². The fourth-order valence-electron chi connectivity index (χ4n) is 8.56. The zero-order valence-corrected chi connectivity index (χ0v) is 67.7. The number of halogens is 1. The van der Waals surface area contributed by atoms with E-state index in [-0.39, 0.29) is 80.5 Å². The zero-order chi connectivity index (χ0) is 83.3. The molecule has 6 rings (SSSR count). The number of aromatic nitrogens is 5. The average molecular weight is 1600 g/mol. The average Bonchev–Trinajstić information content (AvgIpc) is 0.872. The smallest absolute Gasteiger partial charge is 0.436 e. The lowest BCUT2D eigenvalue weighted by atomic mass is 9.67. The van der Waals surface area contributed by atoms with Gasteiger partial charge in [-0.1, -0.05) is 106 Å². The van der Waals surface area contributed by atoms with Crippen LogP contribution >= 0.6 is 27.7 Å². The number of pyridine rings is 5. The third-order valence-electron chi connectivity index (χ3n) is 14.3. The molecule has 0 saturated carbocycles. The number of nitrogen functional groups attached to an aromatic ring is 1. The Hall–Kier alpha value is -9.91. The summed E-state index contributed by atoms with van der Waals surface area (Å²) < 4.78 is 5.57. The molecule has 15 N–H and O–H groups in total. The van der Waals surface area contributed by atoms with E-state index in [0.29, 0.717) is 52.1 Å². The third-order valence-corrected chi connectivity index (χ3v) is 15.3. The number of ether oxygens (including phenoxy) is 1. The van der Waals surface area contributed by atoms with Crippen molar-refractivity contribution >= 4 is 132 Å². The van der Waals surface area contributed by atoms with Crippen LogP contribution in [0.1, 0.15) is 122 Å². The van der Waals surface area contributed by atoms with Crippen LogP contribution < -0.4 is 38.4 Å². The summed E-state index contributed by atoms with van der Waals surface area (Å²) in [5.41, 5.74) is 26.6. The van der Waals surface area contributed by atoms with Crippen LogP contribution in [0.25, 0.3) is 0 Å². The van der Waals surface area contributed by atoms with E-state index in [2.05, 4.69) is 94.8 Å². The van der Waals surface area contributed by atoms with Gasteiger partial charge in [0.25, 0.3) is 39.0 Å². The summed E-state index contributed by atoms with van der Waals surface area (Å²) in [6.45, 7) is 21.1. The van der Waals surface area contributed by atoms with Gasteiger partial charge < -0.3 is 57.6 Å². The molecular formula is C72H105B5BrN17O14S. The Bertz CT molecular complexity index is 4020. The number of thioether (sulfide) groups is 1. The van der Waals surface area contributed by atoms with Crippen LogP contribution in [-0.4, -0.2) is 148 Å². The Morgan fingerprint density at radius 2 is 1.04 bits per heavy atom. The van der Waals surface area contributed by atoms with E-state index >= 15 is 0 Å². The second kappa shape index (κ2) is 58.1. The van der Waals surface area contributed by atoms with Gasteiger partial charge in [-0.25, -0.2) is 14.8 Å². The Kier molecular flexibility index (Phi) is 52.9. The van der Waals surface area contributed by atoms with Gasteiger partial charge in [-0.3, -0.25) is 70.2 Å². The van der Waals surface area contributed by atoms with Gasteiger partial charge in [0.15, 0.2) is 11.1 Å². The summed E-state index contributed by atoms with van der Waals surface area (Å²) in [5, 5.41) is 76.3. The van der Waals surface area contributed by atoms with Crippen LogP contribution in [-0.2, 0) is 45.0 Å². The highest BCUT2D eigenvalue weighted by molar-refractivity contribution is 9.10. The number of terminal acetylenes is 1. The Labute approximate surface area is 660 Å². The summed E-state index contributed by atoms with van der Waals surface area (Å²) in [6.07, 6.45) is 26.8. The number of hydrogen-bond acceptors (Lipinski definition) is 24. The molecule has 0 bridgehead atoms. The van der Waals surface area contributed by atoms with E-state index < -0.39 is 23.0 Å². The molecule has 0 spiro atoms. The number of guanidine groups is 2. The molecule has 4 amide bonds. The van der Waals surface area contributed by atoms with Crippen molar-refractivity contribution in [3.8, 4) is 24.2 Å². The lowest BCUT2D eigenvalue weighted by Gasteiger charge is -2.09. The molecule has 0 atom stereocenters. The molecular weight excluding hydrogens is 1490 g/mol. The predicted molar refractivity (Wildman–Crippen MR) is 447 cm³/mol. The highest BCUT2D eigenvalue weighted by atomic mass is 79.9. The van der Waals surface area contributed by atoms with E-state index in [1.54, 1.807) is 46.8 Å². The molecule has 5 aromatic heterocycles. The van der Waals surface area contributed by atoms with E-state index in [1.165, 1.54) is 62.6 Å². The van der Waals surface area contributed by atoms with E-state index in [1.807, 2.05) is 95.3 Å². The van der Waals surface area contributed by atoms with Crippen LogP contribution in [0.5, 0.6) is 0 Å². The first-order valence-corrected chi connectivity index (χ1v) is 37.3. The van der Waals surface area contributed by atoms with Crippen LogP contribution in [0.3, 0.4) is 0 Å². The number of carbonyl (C=O) groups is 4. The Morgan fingerprint density at radius 1 is 0.600 bits per heavy atom. The van der Waals surface area contributed by atoms with Crippen molar-refractivity contribution in [3.05, 3.63) is 173 Å². The molecule has 31 nitrogen and oxygen atoms in total. The number of amidine groups is 1. The highest BCUT2D eigenvalue weighted by Crippen LogP contribution is 2.23. The van der Waals surface area contributed by atoms with Crippen molar-refractivity contribution in [2.24, 2.45) is 26.4 Å². The summed E-state index contributed by atoms with van der Waals surface area (Å²) in [4.78, 5) is 97.3. The number of nitrogens with zero attached hydrogens (tertiary/aromatic N) is 10. The van der Waals surface area contributed by atoms with Crippen molar-refractivity contribution in [1.82, 2.24) is 46.1 Å². The van der Waals surface area contributed by atoms with Gasteiger partial charge in [0.05, 0.1) is 44.0 Å². The van der Waals surface area contributed by atoms with Gasteiger partial charge in [-0.15, -0.1) is 6.42 Å². The first kappa shape index (κ1) is 100. The summed E-state index contributed by atoms with van der Waals surface area (Å²) in [6, 6.07) is 18.0. The first-order valence-electron chi connectivity index (χ1n) is 35.3. The number of anilines is 1. The second-order valence-corrected chi connectivity index (χ2v) is 26.7. The van der Waals surface area contributed by atoms with Crippen LogP contribution in [0.15, 0.2) is 111 Å². The molecule has 0 fully saturated rings. The predicted octanol–water partition coefficient (Wildman–Crippen LogP) is 9.94. The van der Waals surface area contributed by atoms with Gasteiger partial charge in [0.2, 0.25) is 23.7 Å². The van der Waals surface area contributed by atoms with Crippen molar-refractivity contribution in [2.75, 3.05) is 18.5 Å². The van der Waals surface area contributed by atoms with E-state index in [0.717, 1.165) is 116 Å². The maximum atomic E-state index is 11.4. The van der Waals surface area contributed by atoms with Gasteiger partial charge in [-0.05, 0) is 168 Å². The molecule has 110 heavy (non-hydrogen) atoms. The van der Waals surface area contributed by atoms with Crippen molar-refractivity contribution in [3.63, 3.8) is 0 Å². The maximum Gasteiger partial charge on any atom is 0.436 e. The molecule has 0 radical (unpaired) electrons. The molecule has 6 aromatic rings. The van der Waals surface area contributed by atoms with E-state index in [4.69, 9.17) is 43.4 Å². The maximum absolute atomic E-state index is 11.4. The zero-order valence-electron chi connectivity index (χ0n) is 65.3. The number of nitrogens with one attached hydrogen (secondary N) is 4. The van der Waals surface area contributed by atoms with Gasteiger partial charge in [-0.2, -0.15) is 4.99 Å². The van der Waals surface area contributed by atoms with E-state index in [9.17, 15) is 49.5 Å². The first-order chi connectivity index (χ1) is 51.8. The minimum atomic E-state index is -0.725. The standard InChI is InChI=1S/C16H25BN4O3.C12H21BN4O.C12H14N2O3S.C11H13BN2O3.C11H19BN2O.C6H5BrN2O2.C4H8BNO/c1-11-15(21-16(19-12(2)22)20-13(3)23)9-14(10-18-11)7-5-6-8-17(4)24;1-9-11(17-12(14)15)7-10(8-16-9)5-3-4-6-13(2)18;1-9(15)13-11(18-2)14-12(16)17-8-10-6-4-3-5-7-10;1-9-11(14(16)17)7-10(8-13-9)5-3-4-6-12(2)15;1-9-11(13)7-10(8-14-9)5-3-4-6-12(2)15;1-4-6(9(10)11)2-5(7)3-8-4;1-3-4-6-5(2)7/h9-10,24H,5-8H2,1-4H3,(H2,19,20,21,22,23);7-8,18H,3-6H2,1-2H3,(H4,14,15,17);3-7H,8H2,1-2H3,(H,13,14,15,16);7-8,15H,4,6H2,1-2H3;7-8,15H,3-6,13H2,1-2H3;2-3H,1H3;1,6-7H,4H2,2H3.